The van der Waals surface area contributed by atoms with Crippen molar-refractivity contribution in [1.29, 1.82) is 0 Å². The molecule has 25 heavy (non-hydrogen) atoms. The third-order valence-corrected chi connectivity index (χ3v) is 6.59. The summed E-state index contributed by atoms with van der Waals surface area (Å²) in [6, 6.07) is 8.82. The average molecular weight is 338 g/mol. The Morgan fingerprint density at radius 2 is 2.32 bits per heavy atom. The predicted octanol–water partition coefficient (Wildman–Crippen LogP) is 1.80. The first-order chi connectivity index (χ1) is 12.2. The maximum absolute atomic E-state index is 12.8. The summed E-state index contributed by atoms with van der Waals surface area (Å²) in [5, 5.41) is 13.0. The molecule has 2 fully saturated rings. The van der Waals surface area contributed by atoms with Gasteiger partial charge in [-0.25, -0.2) is 4.79 Å². The normalized spacial score (nSPS) is 33.9. The number of benzene rings is 1. The highest BCUT2D eigenvalue weighted by Crippen LogP contribution is 2.61. The van der Waals surface area contributed by atoms with Crippen molar-refractivity contribution >= 4 is 11.7 Å². The van der Waals surface area contributed by atoms with Gasteiger partial charge in [-0.1, -0.05) is 29.8 Å². The number of hydrogen-bond donors (Lipinski definition) is 2. The van der Waals surface area contributed by atoms with E-state index in [1.807, 2.05) is 12.1 Å². The molecule has 1 aromatic carbocycles. The zero-order valence-corrected chi connectivity index (χ0v) is 14.3. The standard InChI is InChI=1S/C20H22N2O3/c1-25-19(24)17-13-10-16-20(7-8-22(16)11-12(13)6-9-23)14-4-2-3-5-15(14)21-18(17)20/h2-6,13,16,21,23H,7-11H2,1H3/b12-6-/t13-,16+,20?/m1/s1. The number of piperidine rings is 1. The molecule has 4 aliphatic rings. The molecule has 2 N–H and O–H groups in total. The quantitative estimate of drug-likeness (QED) is 0.636. The van der Waals surface area contributed by atoms with Crippen LogP contribution in [0.2, 0.25) is 0 Å². The lowest BCUT2D eigenvalue weighted by atomic mass is 9.62. The Morgan fingerprint density at radius 1 is 1.48 bits per heavy atom. The van der Waals surface area contributed by atoms with Gasteiger partial charge in [-0.15, -0.1) is 0 Å². The summed E-state index contributed by atoms with van der Waals surface area (Å²) in [5.41, 5.74) is 5.23. The number of rotatable bonds is 2. The largest absolute Gasteiger partial charge is 0.466 e. The van der Waals surface area contributed by atoms with Gasteiger partial charge in [-0.2, -0.15) is 0 Å². The summed E-state index contributed by atoms with van der Waals surface area (Å²) < 4.78 is 5.18. The molecule has 2 saturated heterocycles. The minimum atomic E-state index is -0.248. The van der Waals surface area contributed by atoms with E-state index in [0.29, 0.717) is 6.04 Å². The summed E-state index contributed by atoms with van der Waals surface area (Å²) in [5.74, 6) is -0.216. The summed E-state index contributed by atoms with van der Waals surface area (Å²) in [4.78, 5) is 15.3. The lowest BCUT2D eigenvalue weighted by Gasteiger charge is -2.48. The highest BCUT2D eigenvalue weighted by Gasteiger charge is 2.62. The van der Waals surface area contributed by atoms with Gasteiger partial charge in [0.15, 0.2) is 0 Å². The second-order valence-electron chi connectivity index (χ2n) is 7.41. The molecule has 5 nitrogen and oxygen atoms in total. The third-order valence-electron chi connectivity index (χ3n) is 6.59. The zero-order chi connectivity index (χ0) is 17.2. The highest BCUT2D eigenvalue weighted by atomic mass is 16.5. The van der Waals surface area contributed by atoms with Gasteiger partial charge < -0.3 is 15.2 Å². The van der Waals surface area contributed by atoms with Crippen LogP contribution in [0.4, 0.5) is 5.69 Å². The highest BCUT2D eigenvalue weighted by molar-refractivity contribution is 5.94. The number of fused-ring (bicyclic) bond motifs is 2. The van der Waals surface area contributed by atoms with Crippen LogP contribution in [0, 0.1) is 5.92 Å². The molecule has 0 aromatic heterocycles. The van der Waals surface area contributed by atoms with Crippen LogP contribution < -0.4 is 5.32 Å². The zero-order valence-electron chi connectivity index (χ0n) is 14.3. The van der Waals surface area contributed by atoms with Gasteiger partial charge in [0.1, 0.15) is 0 Å². The van der Waals surface area contributed by atoms with Gasteiger partial charge >= 0.3 is 5.97 Å². The van der Waals surface area contributed by atoms with Crippen LogP contribution in [0.15, 0.2) is 47.2 Å². The van der Waals surface area contributed by atoms with E-state index in [9.17, 15) is 9.90 Å². The summed E-state index contributed by atoms with van der Waals surface area (Å²) >= 11 is 0. The third kappa shape index (κ3) is 1.77. The van der Waals surface area contributed by atoms with Gasteiger partial charge in [-0.3, -0.25) is 4.90 Å². The number of ether oxygens (including phenoxy) is 1. The summed E-state index contributed by atoms with van der Waals surface area (Å²) in [7, 11) is 1.45. The molecule has 5 heteroatoms. The first-order valence-electron chi connectivity index (χ1n) is 8.94. The fourth-order valence-corrected chi connectivity index (χ4v) is 5.64. The Kier molecular flexibility index (Phi) is 3.15. The number of nitrogens with one attached hydrogen (secondary N) is 1. The van der Waals surface area contributed by atoms with Crippen LogP contribution in [-0.2, 0) is 14.9 Å². The maximum Gasteiger partial charge on any atom is 0.336 e. The number of para-hydroxylation sites is 1. The van der Waals surface area contributed by atoms with Crippen molar-refractivity contribution in [2.24, 2.45) is 5.92 Å². The second kappa shape index (κ2) is 5.19. The van der Waals surface area contributed by atoms with E-state index in [1.165, 1.54) is 12.7 Å². The molecule has 2 bridgehead atoms. The Morgan fingerprint density at radius 3 is 3.12 bits per heavy atom. The van der Waals surface area contributed by atoms with Crippen molar-refractivity contribution in [3.63, 3.8) is 0 Å². The average Bonchev–Trinajstić information content (AvgIpc) is 3.18. The summed E-state index contributed by atoms with van der Waals surface area (Å²) in [6.45, 7) is 1.84. The van der Waals surface area contributed by atoms with Crippen molar-refractivity contribution < 1.29 is 14.6 Å². The Bertz CT molecular complexity index is 828. The molecule has 130 valence electrons. The van der Waals surface area contributed by atoms with E-state index in [4.69, 9.17) is 4.74 Å². The van der Waals surface area contributed by atoms with Crippen LogP contribution in [-0.4, -0.2) is 48.8 Å². The van der Waals surface area contributed by atoms with Crippen molar-refractivity contribution in [3.8, 4) is 0 Å². The smallest absolute Gasteiger partial charge is 0.336 e. The lowest BCUT2D eigenvalue weighted by molar-refractivity contribution is -0.137. The fraction of sp³-hybridized carbons (Fsp3) is 0.450. The number of aliphatic hydroxyl groups excluding tert-OH is 1. The minimum absolute atomic E-state index is 0.00687. The number of carbonyl (C=O) groups excluding carboxylic acids is 1. The van der Waals surface area contributed by atoms with Gasteiger partial charge in [0.05, 0.1) is 24.7 Å². The van der Waals surface area contributed by atoms with E-state index in [2.05, 4.69) is 28.4 Å². The molecule has 1 unspecified atom stereocenters. The molecule has 1 aliphatic carbocycles. The molecule has 3 heterocycles. The molecule has 3 atom stereocenters. The Labute approximate surface area is 147 Å². The fourth-order valence-electron chi connectivity index (χ4n) is 5.64. The van der Waals surface area contributed by atoms with Crippen molar-refractivity contribution in [2.45, 2.75) is 24.3 Å². The molecule has 0 saturated carbocycles. The molecule has 1 aromatic rings. The van der Waals surface area contributed by atoms with Crippen LogP contribution in [0.3, 0.4) is 0 Å². The van der Waals surface area contributed by atoms with E-state index >= 15 is 0 Å². The van der Waals surface area contributed by atoms with Crippen LogP contribution >= 0.6 is 0 Å². The minimum Gasteiger partial charge on any atom is -0.466 e. The Hall–Kier alpha value is -2.11. The van der Waals surface area contributed by atoms with E-state index in [0.717, 1.165) is 48.5 Å². The van der Waals surface area contributed by atoms with Gasteiger partial charge in [0.25, 0.3) is 0 Å². The van der Waals surface area contributed by atoms with E-state index in [1.54, 1.807) is 0 Å². The van der Waals surface area contributed by atoms with Crippen molar-refractivity contribution in [3.05, 3.63) is 52.7 Å². The van der Waals surface area contributed by atoms with Gasteiger partial charge in [0.2, 0.25) is 0 Å². The van der Waals surface area contributed by atoms with Crippen molar-refractivity contribution in [2.75, 3.05) is 32.1 Å². The maximum atomic E-state index is 12.8. The number of methoxy groups -OCH3 is 1. The first kappa shape index (κ1) is 15.2. The molecule has 0 amide bonds. The number of carbonyl (C=O) groups is 1. The van der Waals surface area contributed by atoms with Crippen molar-refractivity contribution in [1.82, 2.24) is 4.90 Å². The van der Waals surface area contributed by atoms with Crippen LogP contribution in [0.5, 0.6) is 0 Å². The van der Waals surface area contributed by atoms with Crippen LogP contribution in [0.25, 0.3) is 0 Å². The second-order valence-corrected chi connectivity index (χ2v) is 7.41. The number of esters is 1. The summed E-state index contributed by atoms with van der Waals surface area (Å²) in [6.07, 6.45) is 3.80. The molecular weight excluding hydrogens is 316 g/mol. The lowest BCUT2D eigenvalue weighted by Crippen LogP contribution is -2.53. The number of hydrogen-bond acceptors (Lipinski definition) is 5. The number of nitrogens with zero attached hydrogens (tertiary/aromatic N) is 1. The Balaban J connectivity index is 1.79. The molecule has 3 aliphatic heterocycles. The molecule has 0 radical (unpaired) electrons. The van der Waals surface area contributed by atoms with Gasteiger partial charge in [-0.05, 0) is 24.5 Å². The number of anilines is 1. The molecule has 1 spiro atoms. The van der Waals surface area contributed by atoms with E-state index < -0.39 is 0 Å². The molecule has 5 rings (SSSR count). The van der Waals surface area contributed by atoms with Crippen LogP contribution in [0.1, 0.15) is 18.4 Å². The molecular formula is C20H22N2O3. The topological polar surface area (TPSA) is 61.8 Å². The number of aliphatic hydroxyl groups is 1. The first-order valence-corrected chi connectivity index (χ1v) is 8.94. The predicted molar refractivity (Wildman–Crippen MR) is 94.0 cm³/mol. The SMILES string of the molecule is COC(=O)C1=C2Nc3ccccc3C23CCN2C/C(=C/CO)[C@H]1C[C@H]23. The van der Waals surface area contributed by atoms with E-state index in [-0.39, 0.29) is 23.9 Å². The monoisotopic (exact) mass is 338 g/mol. The van der Waals surface area contributed by atoms with Gasteiger partial charge in [0, 0.05) is 36.4 Å².